The van der Waals surface area contributed by atoms with Crippen LogP contribution >= 0.6 is 12.4 Å². The summed E-state index contributed by atoms with van der Waals surface area (Å²) in [6.45, 7) is 1.02. The van der Waals surface area contributed by atoms with Crippen molar-refractivity contribution in [1.82, 2.24) is 5.32 Å². The van der Waals surface area contributed by atoms with Gasteiger partial charge in [-0.15, -0.1) is 12.4 Å². The van der Waals surface area contributed by atoms with Gasteiger partial charge in [-0.3, -0.25) is 4.99 Å². The first-order valence-corrected chi connectivity index (χ1v) is 7.28. The average molecular weight is 279 g/mol. The first-order valence-electron chi connectivity index (χ1n) is 7.28. The quantitative estimate of drug-likeness (QED) is 0.871. The summed E-state index contributed by atoms with van der Waals surface area (Å²) in [7, 11) is 0. The Bertz CT molecular complexity index is 416. The van der Waals surface area contributed by atoms with Gasteiger partial charge in [-0.25, -0.2) is 0 Å². The van der Waals surface area contributed by atoms with Crippen molar-refractivity contribution in [1.29, 1.82) is 0 Å². The minimum absolute atomic E-state index is 0. The van der Waals surface area contributed by atoms with Crippen molar-refractivity contribution < 1.29 is 0 Å². The predicted octanol–water partition coefficient (Wildman–Crippen LogP) is 3.92. The molecule has 0 spiro atoms. The number of aliphatic imine (C=N–C) groups is 1. The number of rotatable bonds is 2. The van der Waals surface area contributed by atoms with Crippen LogP contribution in [0.15, 0.2) is 35.3 Å². The van der Waals surface area contributed by atoms with Crippen LogP contribution in [-0.2, 0) is 0 Å². The van der Waals surface area contributed by atoms with Crippen molar-refractivity contribution in [3.63, 3.8) is 0 Å². The van der Waals surface area contributed by atoms with Gasteiger partial charge < -0.3 is 5.32 Å². The van der Waals surface area contributed by atoms with Crippen LogP contribution in [0, 0.1) is 0 Å². The molecule has 2 atom stereocenters. The van der Waals surface area contributed by atoms with Crippen molar-refractivity contribution in [3.05, 3.63) is 35.9 Å². The second kappa shape index (κ2) is 6.95. The summed E-state index contributed by atoms with van der Waals surface area (Å²) < 4.78 is 0. The van der Waals surface area contributed by atoms with Crippen LogP contribution in [0.25, 0.3) is 0 Å². The Labute approximate surface area is 122 Å². The van der Waals surface area contributed by atoms with E-state index in [-0.39, 0.29) is 12.4 Å². The predicted molar refractivity (Wildman–Crippen MR) is 83.4 cm³/mol. The van der Waals surface area contributed by atoms with Gasteiger partial charge in [-0.1, -0.05) is 36.8 Å². The fourth-order valence-corrected chi connectivity index (χ4v) is 3.26. The summed E-state index contributed by atoms with van der Waals surface area (Å²) in [6, 6.07) is 11.6. The molecule has 0 unspecified atom stereocenters. The lowest BCUT2D eigenvalue weighted by atomic mass is 9.94. The topological polar surface area (TPSA) is 24.4 Å². The third-order valence-electron chi connectivity index (χ3n) is 4.22. The monoisotopic (exact) mass is 278 g/mol. The number of nitrogens with zero attached hydrogens (tertiary/aromatic N) is 1. The molecule has 1 N–H and O–H groups in total. The smallest absolute Gasteiger partial charge is 0.0965 e. The minimum atomic E-state index is 0. The van der Waals surface area contributed by atoms with Gasteiger partial charge in [0.25, 0.3) is 0 Å². The van der Waals surface area contributed by atoms with Gasteiger partial charge >= 0.3 is 0 Å². The molecule has 0 radical (unpaired) electrons. The molecule has 1 aromatic rings. The lowest BCUT2D eigenvalue weighted by Gasteiger charge is -2.24. The summed E-state index contributed by atoms with van der Waals surface area (Å²) >= 11 is 0. The Kier molecular flexibility index (Phi) is 5.26. The van der Waals surface area contributed by atoms with Crippen LogP contribution in [0.4, 0.5) is 0 Å². The minimum Gasteiger partial charge on any atom is -0.370 e. The number of hydrogen-bond acceptors (Lipinski definition) is 2. The van der Waals surface area contributed by atoms with Crippen LogP contribution in [0.5, 0.6) is 0 Å². The fraction of sp³-hybridized carbons (Fsp3) is 0.562. The first-order chi connectivity index (χ1) is 8.93. The van der Waals surface area contributed by atoms with Gasteiger partial charge in [0.2, 0.25) is 0 Å². The molecule has 3 heteroatoms. The lowest BCUT2D eigenvalue weighted by Crippen LogP contribution is -2.37. The summed E-state index contributed by atoms with van der Waals surface area (Å²) in [6.07, 6.45) is 7.66. The van der Waals surface area contributed by atoms with Gasteiger partial charge in [0.15, 0.2) is 0 Å². The molecule has 1 aromatic carbocycles. The molecule has 0 amide bonds. The molecule has 2 nitrogen and oxygen atoms in total. The standard InChI is InChI=1S/C16H22N2.ClH/c1-2-7-13(8-3-1)14-9-6-10-15(14)18-16-11-4-5-12-17-16;/h1-3,7-8,14-15H,4-6,9-12H2,(H,17,18);1H/t14-,15-;/m1./s1. The van der Waals surface area contributed by atoms with Crippen molar-refractivity contribution in [2.24, 2.45) is 4.99 Å². The molecule has 3 rings (SSSR count). The maximum atomic E-state index is 4.63. The van der Waals surface area contributed by atoms with E-state index in [4.69, 9.17) is 0 Å². The van der Waals surface area contributed by atoms with Gasteiger partial charge in [0.1, 0.15) is 0 Å². The van der Waals surface area contributed by atoms with Crippen molar-refractivity contribution in [2.75, 3.05) is 6.54 Å². The third-order valence-corrected chi connectivity index (χ3v) is 4.22. The summed E-state index contributed by atoms with van der Waals surface area (Å²) in [5.74, 6) is 1.94. The van der Waals surface area contributed by atoms with Crippen LogP contribution in [0.2, 0.25) is 0 Å². The lowest BCUT2D eigenvalue weighted by molar-refractivity contribution is 0.545. The van der Waals surface area contributed by atoms with E-state index in [0.717, 1.165) is 13.0 Å². The molecule has 1 aliphatic heterocycles. The highest BCUT2D eigenvalue weighted by atomic mass is 35.5. The Morgan fingerprint density at radius 2 is 1.84 bits per heavy atom. The highest BCUT2D eigenvalue weighted by molar-refractivity contribution is 5.85. The molecule has 2 aliphatic rings. The second-order valence-corrected chi connectivity index (χ2v) is 5.48. The molecule has 19 heavy (non-hydrogen) atoms. The van der Waals surface area contributed by atoms with Gasteiger partial charge in [-0.2, -0.15) is 0 Å². The molecule has 104 valence electrons. The average Bonchev–Trinajstić information content (AvgIpc) is 2.89. The number of nitrogens with one attached hydrogen (secondary N) is 1. The molecule has 1 heterocycles. The fourth-order valence-electron chi connectivity index (χ4n) is 3.26. The molecular formula is C16H23ClN2. The SMILES string of the molecule is Cl.c1ccc([C@H]2CCC[C@H]2NC2=NCCCC2)cc1. The van der Waals surface area contributed by atoms with E-state index < -0.39 is 0 Å². The van der Waals surface area contributed by atoms with Crippen molar-refractivity contribution in [2.45, 2.75) is 50.5 Å². The van der Waals surface area contributed by atoms with Gasteiger partial charge in [-0.05, 0) is 31.2 Å². The van der Waals surface area contributed by atoms with E-state index in [9.17, 15) is 0 Å². The normalized spacial score (nSPS) is 26.4. The van der Waals surface area contributed by atoms with Crippen molar-refractivity contribution in [3.8, 4) is 0 Å². The summed E-state index contributed by atoms with van der Waals surface area (Å²) in [5.41, 5.74) is 1.49. The molecule has 1 fully saturated rings. The van der Waals surface area contributed by atoms with Crippen LogP contribution in [0.1, 0.15) is 50.0 Å². The second-order valence-electron chi connectivity index (χ2n) is 5.48. The molecule has 1 aliphatic carbocycles. The Morgan fingerprint density at radius 3 is 2.58 bits per heavy atom. The maximum absolute atomic E-state index is 4.63. The Balaban J connectivity index is 0.00000133. The molecule has 0 aromatic heterocycles. The summed E-state index contributed by atoms with van der Waals surface area (Å²) in [4.78, 5) is 4.63. The summed E-state index contributed by atoms with van der Waals surface area (Å²) in [5, 5.41) is 3.72. The third kappa shape index (κ3) is 3.50. The zero-order valence-corrected chi connectivity index (χ0v) is 12.2. The molecule has 0 bridgehead atoms. The molecular weight excluding hydrogens is 256 g/mol. The molecule has 1 saturated carbocycles. The van der Waals surface area contributed by atoms with Crippen LogP contribution in [0.3, 0.4) is 0 Å². The Morgan fingerprint density at radius 1 is 1.00 bits per heavy atom. The highest BCUT2D eigenvalue weighted by Gasteiger charge is 2.29. The largest absolute Gasteiger partial charge is 0.370 e. The number of benzene rings is 1. The number of hydrogen-bond donors (Lipinski definition) is 1. The Hall–Kier alpha value is -1.02. The van der Waals surface area contributed by atoms with Gasteiger partial charge in [0, 0.05) is 24.9 Å². The van der Waals surface area contributed by atoms with Crippen LogP contribution in [-0.4, -0.2) is 18.4 Å². The number of amidine groups is 1. The maximum Gasteiger partial charge on any atom is 0.0965 e. The zero-order chi connectivity index (χ0) is 12.2. The molecule has 0 saturated heterocycles. The number of halogens is 1. The van der Waals surface area contributed by atoms with E-state index in [0.29, 0.717) is 12.0 Å². The zero-order valence-electron chi connectivity index (χ0n) is 11.3. The highest BCUT2D eigenvalue weighted by Crippen LogP contribution is 2.34. The van der Waals surface area contributed by atoms with Crippen LogP contribution < -0.4 is 5.32 Å². The van der Waals surface area contributed by atoms with E-state index in [1.54, 1.807) is 0 Å². The van der Waals surface area contributed by atoms with E-state index in [2.05, 4.69) is 40.6 Å². The van der Waals surface area contributed by atoms with E-state index in [1.165, 1.54) is 43.5 Å². The van der Waals surface area contributed by atoms with E-state index >= 15 is 0 Å². The van der Waals surface area contributed by atoms with Crippen molar-refractivity contribution >= 4 is 18.2 Å². The van der Waals surface area contributed by atoms with E-state index in [1.807, 2.05) is 0 Å². The first kappa shape index (κ1) is 14.4. The van der Waals surface area contributed by atoms with Gasteiger partial charge in [0.05, 0.1) is 5.84 Å².